The summed E-state index contributed by atoms with van der Waals surface area (Å²) in [7, 11) is 3.15. The third-order valence-electron chi connectivity index (χ3n) is 3.65. The fourth-order valence-electron chi connectivity index (χ4n) is 2.60. The molecule has 0 saturated heterocycles. The first-order valence-electron chi connectivity index (χ1n) is 7.37. The highest BCUT2D eigenvalue weighted by atomic mass is 16.6. The van der Waals surface area contributed by atoms with Crippen LogP contribution in [0.5, 0.6) is 5.75 Å². The maximum Gasteiger partial charge on any atom is 0.247 e. The third-order valence-corrected chi connectivity index (χ3v) is 3.65. The Morgan fingerprint density at radius 3 is 2.64 bits per heavy atom. The molecular formula is C17H22N2O3. The second-order valence-electron chi connectivity index (χ2n) is 5.23. The van der Waals surface area contributed by atoms with Crippen molar-refractivity contribution in [1.82, 2.24) is 5.32 Å². The van der Waals surface area contributed by atoms with E-state index in [9.17, 15) is 4.79 Å². The molecule has 0 unspecified atom stereocenters. The molecule has 5 heteroatoms. The molecule has 0 atom stereocenters. The second kappa shape index (κ2) is 7.64. The lowest BCUT2D eigenvalue weighted by Crippen LogP contribution is -2.25. The van der Waals surface area contributed by atoms with Crippen molar-refractivity contribution in [2.45, 2.75) is 26.2 Å². The lowest BCUT2D eigenvalue weighted by atomic mass is 9.93. The van der Waals surface area contributed by atoms with Crippen LogP contribution in [0.1, 0.15) is 31.7 Å². The number of carbonyl (C=O) groups excluding carboxylic acids is 1. The number of hydrogen-bond acceptors (Lipinski definition) is 4. The van der Waals surface area contributed by atoms with Gasteiger partial charge in [-0.2, -0.15) is 0 Å². The smallest absolute Gasteiger partial charge is 0.247 e. The van der Waals surface area contributed by atoms with E-state index in [0.717, 1.165) is 41.0 Å². The van der Waals surface area contributed by atoms with Gasteiger partial charge in [0.05, 0.1) is 12.8 Å². The van der Waals surface area contributed by atoms with E-state index in [1.54, 1.807) is 7.11 Å². The summed E-state index contributed by atoms with van der Waals surface area (Å²) < 4.78 is 5.19. The number of oxime groups is 1. The summed E-state index contributed by atoms with van der Waals surface area (Å²) in [5.74, 6) is 0.787. The van der Waals surface area contributed by atoms with Crippen LogP contribution in [0.2, 0.25) is 0 Å². The van der Waals surface area contributed by atoms with Crippen LogP contribution in [0.4, 0.5) is 0 Å². The Hall–Kier alpha value is -2.30. The third kappa shape index (κ3) is 3.87. The lowest BCUT2D eigenvalue weighted by Gasteiger charge is -2.12. The van der Waals surface area contributed by atoms with Gasteiger partial charge in [0.15, 0.2) is 0 Å². The molecule has 118 valence electrons. The molecule has 5 nitrogen and oxygen atoms in total. The molecule has 0 spiro atoms. The van der Waals surface area contributed by atoms with E-state index in [1.807, 2.05) is 31.2 Å². The topological polar surface area (TPSA) is 59.9 Å². The normalized spacial score (nSPS) is 16.1. The molecule has 0 bridgehead atoms. The van der Waals surface area contributed by atoms with Gasteiger partial charge in [-0.05, 0) is 43.0 Å². The summed E-state index contributed by atoms with van der Waals surface area (Å²) in [6.07, 6.45) is 2.28. The predicted molar refractivity (Wildman–Crippen MR) is 86.9 cm³/mol. The van der Waals surface area contributed by atoms with Gasteiger partial charge >= 0.3 is 0 Å². The molecule has 1 aromatic carbocycles. The van der Waals surface area contributed by atoms with Crippen LogP contribution in [0.15, 0.2) is 35.0 Å². The molecular weight excluding hydrogens is 280 g/mol. The van der Waals surface area contributed by atoms with Crippen molar-refractivity contribution < 1.29 is 14.4 Å². The minimum atomic E-state index is -0.0195. The number of amides is 1. The van der Waals surface area contributed by atoms with Crippen LogP contribution >= 0.6 is 0 Å². The van der Waals surface area contributed by atoms with Crippen molar-refractivity contribution in [3.05, 3.63) is 35.4 Å². The van der Waals surface area contributed by atoms with E-state index >= 15 is 0 Å². The van der Waals surface area contributed by atoms with Crippen LogP contribution in [0.3, 0.4) is 0 Å². The Kier molecular flexibility index (Phi) is 5.58. The first-order chi connectivity index (χ1) is 10.7. The van der Waals surface area contributed by atoms with Gasteiger partial charge in [0.2, 0.25) is 5.91 Å². The molecule has 1 heterocycles. The molecule has 1 amide bonds. The summed E-state index contributed by atoms with van der Waals surface area (Å²) in [6, 6.07) is 7.82. The van der Waals surface area contributed by atoms with Crippen molar-refractivity contribution in [2.75, 3.05) is 20.8 Å². The Morgan fingerprint density at radius 2 is 2.00 bits per heavy atom. The van der Waals surface area contributed by atoms with Gasteiger partial charge in [-0.15, -0.1) is 0 Å². The van der Waals surface area contributed by atoms with E-state index < -0.39 is 0 Å². The average molecular weight is 302 g/mol. The zero-order valence-corrected chi connectivity index (χ0v) is 13.3. The molecule has 0 fully saturated rings. The first-order valence-corrected chi connectivity index (χ1v) is 7.37. The number of hydrogen-bond donors (Lipinski definition) is 1. The molecule has 1 aliphatic heterocycles. The minimum Gasteiger partial charge on any atom is -0.497 e. The molecule has 2 rings (SSSR count). The van der Waals surface area contributed by atoms with Gasteiger partial charge in [-0.25, -0.2) is 0 Å². The molecule has 0 saturated carbocycles. The second-order valence-corrected chi connectivity index (χ2v) is 5.23. The summed E-state index contributed by atoms with van der Waals surface area (Å²) in [5, 5.41) is 6.87. The van der Waals surface area contributed by atoms with Crippen LogP contribution in [-0.4, -0.2) is 32.4 Å². The monoisotopic (exact) mass is 302 g/mol. The van der Waals surface area contributed by atoms with Crippen LogP contribution in [-0.2, 0) is 9.63 Å². The zero-order chi connectivity index (χ0) is 15.9. The Morgan fingerprint density at radius 1 is 1.27 bits per heavy atom. The Labute approximate surface area is 131 Å². The zero-order valence-electron chi connectivity index (χ0n) is 13.3. The van der Waals surface area contributed by atoms with Crippen molar-refractivity contribution in [3.63, 3.8) is 0 Å². The van der Waals surface area contributed by atoms with Crippen LogP contribution < -0.4 is 10.1 Å². The van der Waals surface area contributed by atoms with Gasteiger partial charge in [0.1, 0.15) is 12.9 Å². The van der Waals surface area contributed by atoms with Crippen molar-refractivity contribution in [1.29, 1.82) is 0 Å². The summed E-state index contributed by atoms with van der Waals surface area (Å²) in [4.78, 5) is 17.2. The fourth-order valence-corrected chi connectivity index (χ4v) is 2.60. The lowest BCUT2D eigenvalue weighted by molar-refractivity contribution is -0.117. The number of rotatable bonds is 5. The standard InChI is InChI=1S/C17H22N2O3/c1-12(19-22-3)11-16-15(5-4-10-18-17(16)20)13-6-8-14(21-2)9-7-13/h6-9H,4-5,10-11H2,1-3H3,(H,18,20). The van der Waals surface area contributed by atoms with Crippen LogP contribution in [0, 0.1) is 0 Å². The van der Waals surface area contributed by atoms with Gasteiger partial charge in [-0.1, -0.05) is 17.3 Å². The Balaban J connectivity index is 2.41. The van der Waals surface area contributed by atoms with E-state index in [-0.39, 0.29) is 5.91 Å². The van der Waals surface area contributed by atoms with Crippen molar-refractivity contribution in [2.24, 2.45) is 5.16 Å². The van der Waals surface area contributed by atoms with Gasteiger partial charge < -0.3 is 14.9 Å². The minimum absolute atomic E-state index is 0.0195. The molecule has 0 aromatic heterocycles. The summed E-state index contributed by atoms with van der Waals surface area (Å²) in [6.45, 7) is 2.56. The summed E-state index contributed by atoms with van der Waals surface area (Å²) in [5.41, 5.74) is 3.67. The number of benzene rings is 1. The maximum absolute atomic E-state index is 12.4. The first kappa shape index (κ1) is 16.1. The quantitative estimate of drug-likeness (QED) is 0.672. The highest BCUT2D eigenvalue weighted by Gasteiger charge is 2.20. The Bertz CT molecular complexity index is 588. The SMILES string of the molecule is CON=C(C)CC1=C(c2ccc(OC)cc2)CCCNC1=O. The number of nitrogens with one attached hydrogen (secondary N) is 1. The highest BCUT2D eigenvalue weighted by Crippen LogP contribution is 2.29. The molecule has 0 radical (unpaired) electrons. The van der Waals surface area contributed by atoms with Crippen LogP contribution in [0.25, 0.3) is 5.57 Å². The van der Waals surface area contributed by atoms with Crippen molar-refractivity contribution >= 4 is 17.2 Å². The van der Waals surface area contributed by atoms with Gasteiger partial charge in [0.25, 0.3) is 0 Å². The fraction of sp³-hybridized carbons (Fsp3) is 0.412. The van der Waals surface area contributed by atoms with Gasteiger partial charge in [-0.3, -0.25) is 4.79 Å². The predicted octanol–water partition coefficient (Wildman–Crippen LogP) is 2.77. The van der Waals surface area contributed by atoms with E-state index in [2.05, 4.69) is 10.5 Å². The van der Waals surface area contributed by atoms with Gasteiger partial charge in [0, 0.05) is 18.5 Å². The van der Waals surface area contributed by atoms with Crippen molar-refractivity contribution in [3.8, 4) is 5.75 Å². The number of ether oxygens (including phenoxy) is 1. The molecule has 0 aliphatic carbocycles. The summed E-state index contributed by atoms with van der Waals surface area (Å²) >= 11 is 0. The molecule has 1 aliphatic rings. The number of nitrogens with zero attached hydrogens (tertiary/aromatic N) is 1. The van der Waals surface area contributed by atoms with E-state index in [4.69, 9.17) is 9.57 Å². The number of methoxy groups -OCH3 is 1. The maximum atomic E-state index is 12.4. The molecule has 1 aromatic rings. The number of allylic oxidation sites excluding steroid dienone is 1. The molecule has 1 N–H and O–H groups in total. The number of carbonyl (C=O) groups is 1. The highest BCUT2D eigenvalue weighted by molar-refractivity contribution is 6.06. The molecule has 22 heavy (non-hydrogen) atoms. The van der Waals surface area contributed by atoms with E-state index in [0.29, 0.717) is 13.0 Å². The largest absolute Gasteiger partial charge is 0.497 e. The van der Waals surface area contributed by atoms with E-state index in [1.165, 1.54) is 7.11 Å². The average Bonchev–Trinajstić information content (AvgIpc) is 2.70.